The number of aryl methyl sites for hydroxylation is 1. The van der Waals surface area contributed by atoms with Crippen LogP contribution >= 0.6 is 22.9 Å². The lowest BCUT2D eigenvalue weighted by atomic mass is 10.1. The molecule has 3 aromatic rings. The van der Waals surface area contributed by atoms with E-state index in [1.165, 1.54) is 19.3 Å². The molecular formula is C23H21ClN4O6S2. The number of nitrogens with one attached hydrogen (secondary N) is 1. The van der Waals surface area contributed by atoms with Gasteiger partial charge >= 0.3 is 0 Å². The van der Waals surface area contributed by atoms with Gasteiger partial charge in [0.25, 0.3) is 5.91 Å². The molecule has 1 N–H and O–H groups in total. The monoisotopic (exact) mass is 548 g/mol. The van der Waals surface area contributed by atoms with Crippen LogP contribution in [-0.4, -0.2) is 51.1 Å². The highest BCUT2D eigenvalue weighted by atomic mass is 35.5. The first-order valence-corrected chi connectivity index (χ1v) is 13.4. The minimum Gasteiger partial charge on any atom is -0.493 e. The molecule has 0 radical (unpaired) electrons. The molecule has 1 heterocycles. The van der Waals surface area contributed by atoms with E-state index >= 15 is 0 Å². The Balaban J connectivity index is 1.71. The third-order valence-corrected chi connectivity index (χ3v) is 7.34. The first kappa shape index (κ1) is 26.9. The van der Waals surface area contributed by atoms with Crippen LogP contribution in [0.15, 0.2) is 46.3 Å². The minimum absolute atomic E-state index is 0.0612. The number of carbonyl (C=O) groups is 1. The number of nitrogens with zero attached hydrogens (tertiary/aromatic N) is 3. The molecule has 1 amide bonds. The molecule has 0 saturated carbocycles. The summed E-state index contributed by atoms with van der Waals surface area (Å²) in [5, 5.41) is 19.1. The number of hydrogen-bond acceptors (Lipinski definition) is 10. The average molecular weight is 549 g/mol. The number of benzene rings is 2. The molecule has 10 nitrogen and oxygen atoms in total. The fourth-order valence-corrected chi connectivity index (χ4v) is 4.64. The van der Waals surface area contributed by atoms with Crippen molar-refractivity contribution in [3.63, 3.8) is 0 Å². The van der Waals surface area contributed by atoms with Crippen LogP contribution in [0.5, 0.6) is 17.2 Å². The number of methoxy groups -OCH3 is 1. The van der Waals surface area contributed by atoms with Crippen LogP contribution in [0.3, 0.4) is 0 Å². The Morgan fingerprint density at radius 3 is 2.56 bits per heavy atom. The summed E-state index contributed by atoms with van der Waals surface area (Å²) in [6.45, 7) is 2.42. The SMILES string of the molecule is COc1cc(/C=C(/C#N)C(=O)Nc2nnc(S(C)(=O)=O)s2)cc(Cl)c1OCCOc1ccccc1C. The van der Waals surface area contributed by atoms with Gasteiger partial charge in [-0.3, -0.25) is 10.1 Å². The van der Waals surface area contributed by atoms with Gasteiger partial charge in [0.05, 0.1) is 12.1 Å². The Morgan fingerprint density at radius 2 is 1.92 bits per heavy atom. The molecule has 0 fully saturated rings. The highest BCUT2D eigenvalue weighted by Gasteiger charge is 2.18. The average Bonchev–Trinajstić information content (AvgIpc) is 3.31. The number of nitriles is 1. The van der Waals surface area contributed by atoms with Gasteiger partial charge in [-0.1, -0.05) is 41.1 Å². The first-order valence-electron chi connectivity index (χ1n) is 10.3. The van der Waals surface area contributed by atoms with Gasteiger partial charge < -0.3 is 14.2 Å². The molecule has 1 aromatic heterocycles. The molecule has 0 aliphatic rings. The van der Waals surface area contributed by atoms with Gasteiger partial charge in [0.15, 0.2) is 11.5 Å². The van der Waals surface area contributed by atoms with Crippen molar-refractivity contribution in [2.75, 3.05) is 31.9 Å². The standard InChI is InChI=1S/C23H21ClN4O6S2/c1-14-6-4-5-7-18(14)33-8-9-34-20-17(24)11-15(12-19(20)32-2)10-16(13-25)21(29)26-22-27-28-23(35-22)36(3,30)31/h4-7,10-12H,8-9H2,1-3H3,(H,26,27,29)/b16-10-. The van der Waals surface area contributed by atoms with Crippen molar-refractivity contribution in [1.82, 2.24) is 10.2 Å². The molecule has 0 aliphatic heterocycles. The van der Waals surface area contributed by atoms with Crippen LogP contribution in [0.25, 0.3) is 6.08 Å². The van der Waals surface area contributed by atoms with Crippen molar-refractivity contribution >= 4 is 49.9 Å². The van der Waals surface area contributed by atoms with Crippen molar-refractivity contribution < 1.29 is 27.4 Å². The zero-order valence-corrected chi connectivity index (χ0v) is 21.8. The van der Waals surface area contributed by atoms with E-state index in [4.69, 9.17) is 25.8 Å². The number of hydrogen-bond donors (Lipinski definition) is 1. The number of aromatic nitrogens is 2. The minimum atomic E-state index is -3.57. The molecule has 0 aliphatic carbocycles. The summed E-state index contributed by atoms with van der Waals surface area (Å²) in [5.41, 5.74) is 1.13. The third-order valence-electron chi connectivity index (χ3n) is 4.55. The van der Waals surface area contributed by atoms with Gasteiger partial charge in [-0.25, -0.2) is 8.42 Å². The quantitative estimate of drug-likeness (QED) is 0.173. The molecule has 0 saturated heterocycles. The van der Waals surface area contributed by atoms with Crippen LogP contribution in [0.4, 0.5) is 5.13 Å². The van der Waals surface area contributed by atoms with Crippen LogP contribution in [-0.2, 0) is 14.6 Å². The van der Waals surface area contributed by atoms with Crippen LogP contribution < -0.4 is 19.5 Å². The Hall–Kier alpha value is -3.66. The molecule has 0 bridgehead atoms. The largest absolute Gasteiger partial charge is 0.493 e. The predicted octanol–water partition coefficient (Wildman–Crippen LogP) is 3.92. The van der Waals surface area contributed by atoms with E-state index < -0.39 is 15.7 Å². The van der Waals surface area contributed by atoms with Gasteiger partial charge in [0.1, 0.15) is 30.6 Å². The fraction of sp³-hybridized carbons (Fsp3) is 0.217. The maximum Gasteiger partial charge on any atom is 0.268 e. The van der Waals surface area contributed by atoms with E-state index in [-0.39, 0.29) is 39.0 Å². The van der Waals surface area contributed by atoms with E-state index in [1.54, 1.807) is 12.1 Å². The molecule has 0 atom stereocenters. The summed E-state index contributed by atoms with van der Waals surface area (Å²) in [6, 6.07) is 12.5. The maximum atomic E-state index is 12.5. The maximum absolute atomic E-state index is 12.5. The Morgan fingerprint density at radius 1 is 1.19 bits per heavy atom. The van der Waals surface area contributed by atoms with E-state index in [2.05, 4.69) is 15.5 Å². The van der Waals surface area contributed by atoms with Gasteiger partial charge in [0, 0.05) is 6.26 Å². The molecule has 0 unspecified atom stereocenters. The zero-order chi connectivity index (χ0) is 26.3. The van der Waals surface area contributed by atoms with Crippen molar-refractivity contribution in [1.29, 1.82) is 5.26 Å². The summed E-state index contributed by atoms with van der Waals surface area (Å²) in [5.74, 6) is 0.541. The number of rotatable bonds is 10. The summed E-state index contributed by atoms with van der Waals surface area (Å²) in [4.78, 5) is 12.5. The first-order chi connectivity index (χ1) is 17.1. The van der Waals surface area contributed by atoms with Gasteiger partial charge in [-0.05, 0) is 42.3 Å². The lowest BCUT2D eigenvalue weighted by molar-refractivity contribution is -0.112. The smallest absolute Gasteiger partial charge is 0.268 e. The number of amides is 1. The van der Waals surface area contributed by atoms with Crippen molar-refractivity contribution in [3.8, 4) is 23.3 Å². The number of carbonyl (C=O) groups excluding carboxylic acids is 1. The number of para-hydroxylation sites is 1. The topological polar surface area (TPSA) is 140 Å². The van der Waals surface area contributed by atoms with Gasteiger partial charge in [0.2, 0.25) is 19.3 Å². The molecule has 0 spiro atoms. The van der Waals surface area contributed by atoms with Crippen molar-refractivity contribution in [2.45, 2.75) is 11.3 Å². The Bertz CT molecular complexity index is 1450. The third kappa shape index (κ3) is 6.94. The summed E-state index contributed by atoms with van der Waals surface area (Å²) in [7, 11) is -2.13. The van der Waals surface area contributed by atoms with Crippen LogP contribution in [0, 0.1) is 18.3 Å². The molecule has 188 valence electrons. The van der Waals surface area contributed by atoms with Gasteiger partial charge in [-0.2, -0.15) is 5.26 Å². The Labute approximate surface area is 217 Å². The highest BCUT2D eigenvalue weighted by molar-refractivity contribution is 7.92. The Kier molecular flexibility index (Phi) is 8.87. The summed E-state index contributed by atoms with van der Waals surface area (Å²) < 4.78 is 39.7. The number of anilines is 1. The second kappa shape index (κ2) is 11.9. The normalized spacial score (nSPS) is 11.5. The van der Waals surface area contributed by atoms with E-state index in [1.807, 2.05) is 31.2 Å². The van der Waals surface area contributed by atoms with Crippen molar-refractivity contribution in [2.24, 2.45) is 0 Å². The fourth-order valence-electron chi connectivity index (χ4n) is 2.87. The van der Waals surface area contributed by atoms with Crippen LogP contribution in [0.2, 0.25) is 5.02 Å². The number of halogens is 1. The predicted molar refractivity (Wildman–Crippen MR) is 135 cm³/mol. The lowest BCUT2D eigenvalue weighted by Crippen LogP contribution is -2.13. The van der Waals surface area contributed by atoms with E-state index in [0.29, 0.717) is 22.6 Å². The highest BCUT2D eigenvalue weighted by Crippen LogP contribution is 2.37. The zero-order valence-electron chi connectivity index (χ0n) is 19.4. The summed E-state index contributed by atoms with van der Waals surface area (Å²) in [6.07, 6.45) is 2.27. The summed E-state index contributed by atoms with van der Waals surface area (Å²) >= 11 is 7.06. The molecule has 13 heteroatoms. The van der Waals surface area contributed by atoms with Gasteiger partial charge in [-0.15, -0.1) is 10.2 Å². The number of ether oxygens (including phenoxy) is 3. The lowest BCUT2D eigenvalue weighted by Gasteiger charge is -2.14. The van der Waals surface area contributed by atoms with Crippen molar-refractivity contribution in [3.05, 3.63) is 58.1 Å². The molecular weight excluding hydrogens is 528 g/mol. The second-order valence-corrected chi connectivity index (χ2v) is 10.8. The second-order valence-electron chi connectivity index (χ2n) is 7.27. The van der Waals surface area contributed by atoms with E-state index in [9.17, 15) is 18.5 Å². The number of sulfone groups is 1. The molecule has 2 aromatic carbocycles. The molecule has 3 rings (SSSR count). The van der Waals surface area contributed by atoms with Crippen LogP contribution in [0.1, 0.15) is 11.1 Å². The van der Waals surface area contributed by atoms with E-state index in [0.717, 1.165) is 17.6 Å². The molecule has 36 heavy (non-hydrogen) atoms.